The van der Waals surface area contributed by atoms with Crippen LogP contribution >= 0.6 is 11.6 Å². The largest absolute Gasteiger partial charge is 0.494 e. The summed E-state index contributed by atoms with van der Waals surface area (Å²) >= 11 is 5.75. The van der Waals surface area contributed by atoms with E-state index in [2.05, 4.69) is 5.43 Å². The predicted molar refractivity (Wildman–Crippen MR) is 68.0 cm³/mol. The number of carbonyl (C=O) groups is 1. The molecule has 0 saturated carbocycles. The van der Waals surface area contributed by atoms with Gasteiger partial charge in [0.25, 0.3) is 0 Å². The van der Waals surface area contributed by atoms with Crippen molar-refractivity contribution in [3.05, 3.63) is 29.3 Å². The summed E-state index contributed by atoms with van der Waals surface area (Å²) in [5.41, 5.74) is 2.67. The number of hydrogen-bond acceptors (Lipinski definition) is 3. The van der Waals surface area contributed by atoms with Gasteiger partial charge in [-0.2, -0.15) is 0 Å². The molecule has 0 heterocycles. The lowest BCUT2D eigenvalue weighted by molar-refractivity contribution is -0.125. The van der Waals surface area contributed by atoms with Crippen LogP contribution in [0.25, 0.3) is 0 Å². The van der Waals surface area contributed by atoms with Gasteiger partial charge < -0.3 is 4.74 Å². The fourth-order valence-electron chi connectivity index (χ4n) is 1.26. The topological polar surface area (TPSA) is 41.6 Å². The molecular formula is C12H17ClN2O2. The van der Waals surface area contributed by atoms with Gasteiger partial charge in [-0.05, 0) is 30.7 Å². The summed E-state index contributed by atoms with van der Waals surface area (Å²) in [7, 11) is 3.56. The zero-order valence-electron chi connectivity index (χ0n) is 10.1. The molecule has 0 aromatic heterocycles. The minimum atomic E-state index is -0.00490. The molecular weight excluding hydrogens is 240 g/mol. The van der Waals surface area contributed by atoms with E-state index in [1.165, 1.54) is 0 Å². The van der Waals surface area contributed by atoms with Crippen molar-refractivity contribution in [1.29, 1.82) is 0 Å². The zero-order valence-corrected chi connectivity index (χ0v) is 10.8. The number of ether oxygens (including phenoxy) is 1. The molecule has 1 N–H and O–H groups in total. The Hall–Kier alpha value is -1.26. The first-order valence-corrected chi connectivity index (χ1v) is 5.81. The average molecular weight is 257 g/mol. The first-order valence-electron chi connectivity index (χ1n) is 5.43. The van der Waals surface area contributed by atoms with E-state index in [1.54, 1.807) is 31.2 Å². The van der Waals surface area contributed by atoms with Crippen LogP contribution < -0.4 is 10.2 Å². The van der Waals surface area contributed by atoms with Crippen LogP contribution in [0.3, 0.4) is 0 Å². The third-order valence-electron chi connectivity index (χ3n) is 1.98. The maximum atomic E-state index is 11.3. The lowest BCUT2D eigenvalue weighted by Gasteiger charge is -2.11. The van der Waals surface area contributed by atoms with E-state index in [-0.39, 0.29) is 5.91 Å². The van der Waals surface area contributed by atoms with E-state index < -0.39 is 0 Å². The Balaban J connectivity index is 2.16. The van der Waals surface area contributed by atoms with Gasteiger partial charge in [0, 0.05) is 25.5 Å². The summed E-state index contributed by atoms with van der Waals surface area (Å²) in [5, 5.41) is 2.31. The second kappa shape index (κ2) is 7.14. The molecule has 0 atom stereocenters. The van der Waals surface area contributed by atoms with Gasteiger partial charge in [-0.15, -0.1) is 0 Å². The number of amides is 1. The molecule has 1 rings (SSSR count). The van der Waals surface area contributed by atoms with Crippen molar-refractivity contribution in [1.82, 2.24) is 10.4 Å². The van der Waals surface area contributed by atoms with Gasteiger partial charge in [0.15, 0.2) is 0 Å². The zero-order chi connectivity index (χ0) is 12.7. The Labute approximate surface area is 106 Å². The van der Waals surface area contributed by atoms with E-state index >= 15 is 0 Å². The molecule has 5 heteroatoms. The van der Waals surface area contributed by atoms with Crippen LogP contribution in [0, 0.1) is 0 Å². The van der Waals surface area contributed by atoms with Crippen molar-refractivity contribution in [2.24, 2.45) is 0 Å². The molecule has 0 bridgehead atoms. The van der Waals surface area contributed by atoms with Gasteiger partial charge >= 0.3 is 0 Å². The fourth-order valence-corrected chi connectivity index (χ4v) is 1.38. The Bertz CT molecular complexity index is 352. The Kier molecular flexibility index (Phi) is 5.80. The van der Waals surface area contributed by atoms with E-state index in [0.29, 0.717) is 24.5 Å². The molecule has 0 spiro atoms. The van der Waals surface area contributed by atoms with Gasteiger partial charge in [0.05, 0.1) is 6.61 Å². The molecule has 0 aliphatic heterocycles. The van der Waals surface area contributed by atoms with Crippen molar-refractivity contribution in [2.45, 2.75) is 12.8 Å². The van der Waals surface area contributed by atoms with Crippen LogP contribution in [0.5, 0.6) is 5.75 Å². The predicted octanol–water partition coefficient (Wildman–Crippen LogP) is 2.09. The number of benzene rings is 1. The Morgan fingerprint density at radius 1 is 1.35 bits per heavy atom. The quantitative estimate of drug-likeness (QED) is 0.626. The van der Waals surface area contributed by atoms with Crippen molar-refractivity contribution in [2.75, 3.05) is 20.7 Å². The van der Waals surface area contributed by atoms with Gasteiger partial charge in [-0.1, -0.05) is 11.6 Å². The molecule has 4 nitrogen and oxygen atoms in total. The SMILES string of the molecule is CN(C)NC(=O)CCCOc1ccc(Cl)cc1. The number of hydrazine groups is 1. The van der Waals surface area contributed by atoms with Crippen LogP contribution in [0.1, 0.15) is 12.8 Å². The third kappa shape index (κ3) is 6.14. The molecule has 1 aromatic carbocycles. The molecule has 1 aromatic rings. The first-order chi connectivity index (χ1) is 8.08. The number of carbonyl (C=O) groups excluding carboxylic acids is 1. The summed E-state index contributed by atoms with van der Waals surface area (Å²) in [5.74, 6) is 0.761. The normalized spacial score (nSPS) is 10.4. The standard InChI is InChI=1S/C12H17ClN2O2/c1-15(2)14-12(16)4-3-9-17-11-7-5-10(13)6-8-11/h5-8H,3-4,9H2,1-2H3,(H,14,16). The molecule has 0 radical (unpaired) electrons. The van der Waals surface area contributed by atoms with Crippen molar-refractivity contribution in [3.63, 3.8) is 0 Å². The van der Waals surface area contributed by atoms with E-state index in [9.17, 15) is 4.79 Å². The van der Waals surface area contributed by atoms with E-state index in [0.717, 1.165) is 5.75 Å². The van der Waals surface area contributed by atoms with Gasteiger partial charge in [0.2, 0.25) is 5.91 Å². The van der Waals surface area contributed by atoms with Crippen LogP contribution in [0.15, 0.2) is 24.3 Å². The third-order valence-corrected chi connectivity index (χ3v) is 2.23. The van der Waals surface area contributed by atoms with Crippen molar-refractivity contribution in [3.8, 4) is 5.75 Å². The average Bonchev–Trinajstić information content (AvgIpc) is 2.26. The summed E-state index contributed by atoms with van der Waals surface area (Å²) in [6.45, 7) is 0.516. The smallest absolute Gasteiger partial charge is 0.234 e. The van der Waals surface area contributed by atoms with Crippen molar-refractivity contribution < 1.29 is 9.53 Å². The first kappa shape index (κ1) is 13.8. The summed E-state index contributed by atoms with van der Waals surface area (Å²) in [6.07, 6.45) is 1.13. The lowest BCUT2D eigenvalue weighted by atomic mass is 10.3. The number of halogens is 1. The van der Waals surface area contributed by atoms with Crippen molar-refractivity contribution >= 4 is 17.5 Å². The maximum absolute atomic E-state index is 11.3. The molecule has 0 unspecified atom stereocenters. The lowest BCUT2D eigenvalue weighted by Crippen LogP contribution is -2.36. The summed E-state index contributed by atoms with van der Waals surface area (Å²) in [4.78, 5) is 11.3. The number of hydrogen-bond donors (Lipinski definition) is 1. The maximum Gasteiger partial charge on any atom is 0.234 e. The van der Waals surface area contributed by atoms with Gasteiger partial charge in [-0.3, -0.25) is 10.2 Å². The minimum absolute atomic E-state index is 0.00490. The molecule has 0 aliphatic rings. The minimum Gasteiger partial charge on any atom is -0.494 e. The fraction of sp³-hybridized carbons (Fsp3) is 0.417. The molecule has 0 saturated heterocycles. The summed E-state index contributed by atoms with van der Waals surface area (Å²) in [6, 6.07) is 7.16. The van der Waals surface area contributed by atoms with Crippen LogP contribution in [0.4, 0.5) is 0 Å². The monoisotopic (exact) mass is 256 g/mol. The molecule has 17 heavy (non-hydrogen) atoms. The highest BCUT2D eigenvalue weighted by atomic mass is 35.5. The highest BCUT2D eigenvalue weighted by Gasteiger charge is 2.01. The molecule has 94 valence electrons. The number of rotatable bonds is 6. The van der Waals surface area contributed by atoms with Gasteiger partial charge in [0.1, 0.15) is 5.75 Å². The van der Waals surface area contributed by atoms with Gasteiger partial charge in [-0.25, -0.2) is 5.01 Å². The summed E-state index contributed by atoms with van der Waals surface area (Å²) < 4.78 is 5.46. The molecule has 0 fully saturated rings. The second-order valence-electron chi connectivity index (χ2n) is 3.84. The number of nitrogens with one attached hydrogen (secondary N) is 1. The Morgan fingerprint density at radius 3 is 2.59 bits per heavy atom. The number of nitrogens with zero attached hydrogens (tertiary/aromatic N) is 1. The van der Waals surface area contributed by atoms with E-state index in [1.807, 2.05) is 12.1 Å². The van der Waals surface area contributed by atoms with E-state index in [4.69, 9.17) is 16.3 Å². The molecule has 0 aliphatic carbocycles. The van der Waals surface area contributed by atoms with Crippen LogP contribution in [-0.2, 0) is 4.79 Å². The Morgan fingerprint density at radius 2 is 2.00 bits per heavy atom. The van der Waals surface area contributed by atoms with Crippen LogP contribution in [0.2, 0.25) is 5.02 Å². The highest BCUT2D eigenvalue weighted by molar-refractivity contribution is 6.30. The molecule has 1 amide bonds. The highest BCUT2D eigenvalue weighted by Crippen LogP contribution is 2.15. The van der Waals surface area contributed by atoms with Crippen LogP contribution in [-0.4, -0.2) is 31.6 Å². The second-order valence-corrected chi connectivity index (χ2v) is 4.27.